The second-order valence-corrected chi connectivity index (χ2v) is 7.02. The van der Waals surface area contributed by atoms with Gasteiger partial charge in [-0.2, -0.15) is 0 Å². The molecule has 1 aromatic rings. The van der Waals surface area contributed by atoms with Gasteiger partial charge in [-0.3, -0.25) is 14.5 Å². The van der Waals surface area contributed by atoms with Crippen molar-refractivity contribution in [2.24, 2.45) is 5.92 Å². The van der Waals surface area contributed by atoms with Crippen molar-refractivity contribution in [1.82, 2.24) is 5.32 Å². The van der Waals surface area contributed by atoms with Crippen LogP contribution in [0, 0.1) is 12.8 Å². The molecule has 0 aromatic heterocycles. The largest absolute Gasteiger partial charge is 0.340 e. The van der Waals surface area contributed by atoms with Gasteiger partial charge >= 0.3 is 0 Å². The van der Waals surface area contributed by atoms with Crippen molar-refractivity contribution in [1.29, 1.82) is 0 Å². The van der Waals surface area contributed by atoms with Crippen LogP contribution in [0.3, 0.4) is 0 Å². The quantitative estimate of drug-likeness (QED) is 0.891. The third-order valence-electron chi connectivity index (χ3n) is 4.64. The molecule has 4 nitrogen and oxygen atoms in total. The van der Waals surface area contributed by atoms with Crippen LogP contribution in [0.25, 0.3) is 0 Å². The number of anilines is 1. The van der Waals surface area contributed by atoms with Crippen molar-refractivity contribution >= 4 is 33.4 Å². The van der Waals surface area contributed by atoms with E-state index in [0.29, 0.717) is 0 Å². The van der Waals surface area contributed by atoms with E-state index in [9.17, 15) is 9.59 Å². The molecule has 1 saturated heterocycles. The second kappa shape index (κ2) is 4.83. The number of piperazine rings is 1. The molecule has 2 fully saturated rings. The van der Waals surface area contributed by atoms with Gasteiger partial charge < -0.3 is 5.32 Å². The Balaban J connectivity index is 2.08. The first-order valence-corrected chi connectivity index (χ1v) is 8.06. The summed E-state index contributed by atoms with van der Waals surface area (Å²) in [6.45, 7) is 5.61. The van der Waals surface area contributed by atoms with Crippen LogP contribution in [0.5, 0.6) is 0 Å². The summed E-state index contributed by atoms with van der Waals surface area (Å²) >= 11 is 3.56. The normalized spacial score (nSPS) is 29.5. The van der Waals surface area contributed by atoms with Crippen molar-refractivity contribution in [3.05, 3.63) is 28.2 Å². The predicted octanol–water partition coefficient (Wildman–Crippen LogP) is 2.78. The third-order valence-corrected chi connectivity index (χ3v) is 5.67. The van der Waals surface area contributed by atoms with Crippen LogP contribution >= 0.6 is 15.9 Å². The van der Waals surface area contributed by atoms with Crippen molar-refractivity contribution in [3.8, 4) is 0 Å². The molecule has 1 saturated carbocycles. The lowest BCUT2D eigenvalue weighted by Crippen LogP contribution is -2.70. The Kier molecular flexibility index (Phi) is 3.35. The Morgan fingerprint density at radius 3 is 2.62 bits per heavy atom. The first-order valence-electron chi connectivity index (χ1n) is 7.27. The van der Waals surface area contributed by atoms with Gasteiger partial charge in [-0.25, -0.2) is 0 Å². The number of aryl methyl sites for hydroxylation is 1. The molecule has 0 radical (unpaired) electrons. The predicted molar refractivity (Wildman–Crippen MR) is 85.1 cm³/mol. The molecule has 2 amide bonds. The van der Waals surface area contributed by atoms with Gasteiger partial charge in [-0.1, -0.05) is 12.1 Å². The van der Waals surface area contributed by atoms with E-state index in [1.54, 1.807) is 11.8 Å². The van der Waals surface area contributed by atoms with E-state index in [1.165, 1.54) is 0 Å². The molecule has 2 aliphatic rings. The molecule has 2 unspecified atom stereocenters. The average molecular weight is 351 g/mol. The number of amides is 2. The lowest BCUT2D eigenvalue weighted by atomic mass is 9.89. The summed E-state index contributed by atoms with van der Waals surface area (Å²) in [6.07, 6.45) is 2.00. The Hall–Kier alpha value is -1.36. The van der Waals surface area contributed by atoms with Gasteiger partial charge in [0.1, 0.15) is 11.6 Å². The summed E-state index contributed by atoms with van der Waals surface area (Å²) in [7, 11) is 0. The number of carbonyl (C=O) groups excluding carboxylic acids is 2. The minimum absolute atomic E-state index is 0.0107. The van der Waals surface area contributed by atoms with E-state index < -0.39 is 11.6 Å². The van der Waals surface area contributed by atoms with Crippen LogP contribution in [0.15, 0.2) is 22.7 Å². The highest BCUT2D eigenvalue weighted by Gasteiger charge is 2.55. The van der Waals surface area contributed by atoms with Crippen molar-refractivity contribution in [3.63, 3.8) is 0 Å². The molecule has 5 heteroatoms. The second-order valence-electron chi connectivity index (χ2n) is 6.23. The van der Waals surface area contributed by atoms with E-state index in [2.05, 4.69) is 21.2 Å². The number of hydrogen-bond acceptors (Lipinski definition) is 2. The summed E-state index contributed by atoms with van der Waals surface area (Å²) in [5.41, 5.74) is 1.05. The molecule has 3 rings (SSSR count). The van der Waals surface area contributed by atoms with Crippen LogP contribution in [0.2, 0.25) is 0 Å². The van der Waals surface area contributed by atoms with E-state index >= 15 is 0 Å². The summed E-state index contributed by atoms with van der Waals surface area (Å²) in [5, 5.41) is 2.94. The van der Waals surface area contributed by atoms with Crippen LogP contribution < -0.4 is 10.2 Å². The zero-order valence-corrected chi connectivity index (χ0v) is 14.0. The van der Waals surface area contributed by atoms with E-state index in [1.807, 2.05) is 32.0 Å². The molecule has 1 aliphatic heterocycles. The monoisotopic (exact) mass is 350 g/mol. The lowest BCUT2D eigenvalue weighted by molar-refractivity contribution is -0.138. The Morgan fingerprint density at radius 2 is 2.00 bits per heavy atom. The van der Waals surface area contributed by atoms with Gasteiger partial charge in [-0.05, 0) is 67.1 Å². The van der Waals surface area contributed by atoms with Gasteiger partial charge in [0.2, 0.25) is 5.91 Å². The Morgan fingerprint density at radius 1 is 1.33 bits per heavy atom. The highest BCUT2D eigenvalue weighted by Crippen LogP contribution is 2.44. The van der Waals surface area contributed by atoms with E-state index in [4.69, 9.17) is 0 Å². The zero-order chi connectivity index (χ0) is 15.4. The summed E-state index contributed by atoms with van der Waals surface area (Å²) in [6, 6.07) is 5.28. The van der Waals surface area contributed by atoms with Gasteiger partial charge in [-0.15, -0.1) is 0 Å². The fraction of sp³-hybridized carbons (Fsp3) is 0.500. The average Bonchev–Trinajstić information content (AvgIpc) is 3.26. The minimum Gasteiger partial charge on any atom is -0.340 e. The van der Waals surface area contributed by atoms with E-state index in [0.717, 1.165) is 28.6 Å². The smallest absolute Gasteiger partial charge is 0.253 e. The van der Waals surface area contributed by atoms with Gasteiger partial charge in [0.05, 0.1) is 5.69 Å². The van der Waals surface area contributed by atoms with Gasteiger partial charge in [0.25, 0.3) is 5.91 Å². The Bertz CT molecular complexity index is 627. The van der Waals surface area contributed by atoms with Gasteiger partial charge in [0, 0.05) is 4.47 Å². The minimum atomic E-state index is -0.771. The molecule has 0 bridgehead atoms. The number of hydrogen-bond donors (Lipinski definition) is 1. The maximum atomic E-state index is 13.0. The van der Waals surface area contributed by atoms with Crippen molar-refractivity contribution in [2.45, 2.75) is 45.2 Å². The summed E-state index contributed by atoms with van der Waals surface area (Å²) in [4.78, 5) is 27.0. The maximum absolute atomic E-state index is 13.0. The molecule has 1 aromatic carbocycles. The fourth-order valence-electron chi connectivity index (χ4n) is 3.03. The van der Waals surface area contributed by atoms with Crippen LogP contribution in [0.4, 0.5) is 5.69 Å². The third kappa shape index (κ3) is 2.18. The fourth-order valence-corrected chi connectivity index (χ4v) is 3.49. The SMILES string of the molecule is Cc1cccc(N2C(=O)C(C)(C3CC3)NC(=O)C2C)c1Br. The standard InChI is InChI=1S/C16H19BrN2O2/c1-9-5-4-6-12(13(9)17)19-10(2)14(20)18-16(3,15(19)21)11-7-8-11/h4-6,10-11H,7-8H2,1-3H3,(H,18,20). The first kappa shape index (κ1) is 14.6. The number of halogens is 1. The molecule has 2 atom stereocenters. The molecule has 112 valence electrons. The highest BCUT2D eigenvalue weighted by atomic mass is 79.9. The number of rotatable bonds is 2. The summed E-state index contributed by atoms with van der Waals surface area (Å²) < 4.78 is 0.873. The van der Waals surface area contributed by atoms with Crippen LogP contribution in [0.1, 0.15) is 32.3 Å². The molecule has 1 N–H and O–H groups in total. The van der Waals surface area contributed by atoms with Crippen LogP contribution in [-0.2, 0) is 9.59 Å². The number of nitrogens with one attached hydrogen (secondary N) is 1. The topological polar surface area (TPSA) is 49.4 Å². The maximum Gasteiger partial charge on any atom is 0.253 e. The molecule has 0 spiro atoms. The number of carbonyl (C=O) groups is 2. The molecular weight excluding hydrogens is 332 g/mol. The van der Waals surface area contributed by atoms with Gasteiger partial charge in [0.15, 0.2) is 0 Å². The summed E-state index contributed by atoms with van der Waals surface area (Å²) in [5.74, 6) is 0.161. The molecule has 1 aliphatic carbocycles. The Labute approximate surface area is 133 Å². The van der Waals surface area contributed by atoms with Crippen molar-refractivity contribution in [2.75, 3.05) is 4.90 Å². The molecular formula is C16H19BrN2O2. The number of benzene rings is 1. The zero-order valence-electron chi connectivity index (χ0n) is 12.4. The number of nitrogens with zero attached hydrogens (tertiary/aromatic N) is 1. The molecule has 21 heavy (non-hydrogen) atoms. The van der Waals surface area contributed by atoms with Crippen molar-refractivity contribution < 1.29 is 9.59 Å². The van der Waals surface area contributed by atoms with E-state index in [-0.39, 0.29) is 17.7 Å². The van der Waals surface area contributed by atoms with Crippen LogP contribution in [-0.4, -0.2) is 23.4 Å². The first-order chi connectivity index (χ1) is 9.86. The molecule has 1 heterocycles. The lowest BCUT2D eigenvalue weighted by Gasteiger charge is -2.44. The highest BCUT2D eigenvalue weighted by molar-refractivity contribution is 9.10.